The van der Waals surface area contributed by atoms with Gasteiger partial charge < -0.3 is 10.0 Å². The summed E-state index contributed by atoms with van der Waals surface area (Å²) in [5.74, 6) is 1.33. The number of amides is 1. The standard InChI is InChI=1S/C17H25NO2/c1-14-13-18(11-9-16(14)10-12-19)17(20)8-7-15-5-3-2-4-6-15/h2-6,14,16,19H,7-13H2,1H3. The number of aliphatic hydroxyl groups excluding tert-OH is 1. The molecule has 1 aliphatic heterocycles. The van der Waals surface area contributed by atoms with E-state index in [2.05, 4.69) is 19.1 Å². The number of likely N-dealkylation sites (tertiary alicyclic amines) is 1. The lowest BCUT2D eigenvalue weighted by molar-refractivity contribution is -0.133. The van der Waals surface area contributed by atoms with Crippen LogP contribution in [-0.2, 0) is 11.2 Å². The zero-order chi connectivity index (χ0) is 14.4. The quantitative estimate of drug-likeness (QED) is 0.897. The molecule has 0 bridgehead atoms. The van der Waals surface area contributed by atoms with Gasteiger partial charge in [0.05, 0.1) is 0 Å². The number of carbonyl (C=O) groups is 1. The van der Waals surface area contributed by atoms with E-state index >= 15 is 0 Å². The van der Waals surface area contributed by atoms with Gasteiger partial charge in [-0.3, -0.25) is 4.79 Å². The van der Waals surface area contributed by atoms with Crippen molar-refractivity contribution in [1.82, 2.24) is 4.90 Å². The molecule has 2 rings (SSSR count). The van der Waals surface area contributed by atoms with Crippen LogP contribution in [0.4, 0.5) is 0 Å². The van der Waals surface area contributed by atoms with Crippen LogP contribution in [0.3, 0.4) is 0 Å². The van der Waals surface area contributed by atoms with Gasteiger partial charge in [0.15, 0.2) is 0 Å². The number of aliphatic hydroxyl groups is 1. The van der Waals surface area contributed by atoms with Crippen LogP contribution in [-0.4, -0.2) is 35.6 Å². The lowest BCUT2D eigenvalue weighted by atomic mass is 9.84. The van der Waals surface area contributed by atoms with Gasteiger partial charge in [0, 0.05) is 26.1 Å². The average molecular weight is 275 g/mol. The van der Waals surface area contributed by atoms with Crippen molar-refractivity contribution >= 4 is 5.91 Å². The second kappa shape index (κ2) is 7.44. The minimum atomic E-state index is 0.261. The first kappa shape index (κ1) is 15.0. The van der Waals surface area contributed by atoms with Crippen LogP contribution in [0.15, 0.2) is 30.3 Å². The molecular weight excluding hydrogens is 250 g/mol. The highest BCUT2D eigenvalue weighted by atomic mass is 16.3. The molecule has 1 saturated heterocycles. The van der Waals surface area contributed by atoms with Gasteiger partial charge >= 0.3 is 0 Å². The molecule has 1 heterocycles. The van der Waals surface area contributed by atoms with Crippen molar-refractivity contribution in [1.29, 1.82) is 0 Å². The first-order valence-corrected chi connectivity index (χ1v) is 7.63. The van der Waals surface area contributed by atoms with Crippen molar-refractivity contribution in [3.8, 4) is 0 Å². The van der Waals surface area contributed by atoms with Crippen LogP contribution in [0.25, 0.3) is 0 Å². The molecule has 0 saturated carbocycles. The molecule has 1 N–H and O–H groups in total. The SMILES string of the molecule is CC1CN(C(=O)CCc2ccccc2)CCC1CCO. The maximum atomic E-state index is 12.3. The maximum Gasteiger partial charge on any atom is 0.222 e. The fourth-order valence-corrected chi connectivity index (χ4v) is 3.07. The van der Waals surface area contributed by atoms with Gasteiger partial charge in [-0.2, -0.15) is 0 Å². The second-order valence-corrected chi connectivity index (χ2v) is 5.86. The smallest absolute Gasteiger partial charge is 0.222 e. The number of benzene rings is 1. The van der Waals surface area contributed by atoms with Crippen molar-refractivity contribution in [3.63, 3.8) is 0 Å². The van der Waals surface area contributed by atoms with Gasteiger partial charge in [-0.1, -0.05) is 37.3 Å². The number of nitrogens with zero attached hydrogens (tertiary/aromatic N) is 1. The number of rotatable bonds is 5. The molecular formula is C17H25NO2. The summed E-state index contributed by atoms with van der Waals surface area (Å²) in [5.41, 5.74) is 1.23. The van der Waals surface area contributed by atoms with Gasteiger partial charge in [-0.25, -0.2) is 0 Å². The van der Waals surface area contributed by atoms with E-state index in [0.717, 1.165) is 32.4 Å². The molecule has 0 aromatic heterocycles. The van der Waals surface area contributed by atoms with Gasteiger partial charge in [-0.15, -0.1) is 0 Å². The van der Waals surface area contributed by atoms with Crippen molar-refractivity contribution < 1.29 is 9.90 Å². The Balaban J connectivity index is 1.79. The summed E-state index contributed by atoms with van der Waals surface area (Å²) in [4.78, 5) is 14.3. The fraction of sp³-hybridized carbons (Fsp3) is 0.588. The molecule has 3 heteroatoms. The van der Waals surface area contributed by atoms with E-state index in [1.54, 1.807) is 0 Å². The Morgan fingerprint density at radius 1 is 1.35 bits per heavy atom. The third kappa shape index (κ3) is 4.07. The lowest BCUT2D eigenvalue weighted by Crippen LogP contribution is -2.43. The Kier molecular flexibility index (Phi) is 5.60. The van der Waals surface area contributed by atoms with Crippen molar-refractivity contribution in [3.05, 3.63) is 35.9 Å². The molecule has 1 aromatic carbocycles. The average Bonchev–Trinajstić information content (AvgIpc) is 2.48. The number of piperidine rings is 1. The predicted molar refractivity (Wildman–Crippen MR) is 80.3 cm³/mol. The molecule has 1 aliphatic rings. The number of aryl methyl sites for hydroxylation is 1. The maximum absolute atomic E-state index is 12.3. The zero-order valence-corrected chi connectivity index (χ0v) is 12.3. The first-order chi connectivity index (χ1) is 9.70. The first-order valence-electron chi connectivity index (χ1n) is 7.63. The molecule has 1 amide bonds. The second-order valence-electron chi connectivity index (χ2n) is 5.86. The fourth-order valence-electron chi connectivity index (χ4n) is 3.07. The largest absolute Gasteiger partial charge is 0.396 e. The van der Waals surface area contributed by atoms with Gasteiger partial charge in [0.2, 0.25) is 5.91 Å². The Morgan fingerprint density at radius 2 is 2.10 bits per heavy atom. The highest BCUT2D eigenvalue weighted by molar-refractivity contribution is 5.76. The van der Waals surface area contributed by atoms with E-state index in [9.17, 15) is 4.79 Å². The van der Waals surface area contributed by atoms with Crippen LogP contribution in [0, 0.1) is 11.8 Å². The van der Waals surface area contributed by atoms with Crippen LogP contribution >= 0.6 is 0 Å². The summed E-state index contributed by atoms with van der Waals surface area (Å²) < 4.78 is 0. The van der Waals surface area contributed by atoms with Gasteiger partial charge in [-0.05, 0) is 36.7 Å². The van der Waals surface area contributed by atoms with E-state index < -0.39 is 0 Å². The number of hydrogen-bond donors (Lipinski definition) is 1. The summed E-state index contributed by atoms with van der Waals surface area (Å²) >= 11 is 0. The molecule has 110 valence electrons. The van der Waals surface area contributed by atoms with Gasteiger partial charge in [0.25, 0.3) is 0 Å². The third-order valence-corrected chi connectivity index (χ3v) is 4.41. The molecule has 0 spiro atoms. The predicted octanol–water partition coefficient (Wildman–Crippen LogP) is 2.49. The zero-order valence-electron chi connectivity index (χ0n) is 12.3. The Bertz CT molecular complexity index is 418. The molecule has 20 heavy (non-hydrogen) atoms. The normalized spacial score (nSPS) is 22.8. The lowest BCUT2D eigenvalue weighted by Gasteiger charge is -2.37. The van der Waals surface area contributed by atoms with Crippen molar-refractivity contribution in [2.75, 3.05) is 19.7 Å². The molecule has 0 aliphatic carbocycles. The monoisotopic (exact) mass is 275 g/mol. The van der Waals surface area contributed by atoms with Crippen molar-refractivity contribution in [2.24, 2.45) is 11.8 Å². The molecule has 2 unspecified atom stereocenters. The summed E-state index contributed by atoms with van der Waals surface area (Å²) in [5, 5.41) is 9.04. The highest BCUT2D eigenvalue weighted by Gasteiger charge is 2.27. The summed E-state index contributed by atoms with van der Waals surface area (Å²) in [6, 6.07) is 10.2. The highest BCUT2D eigenvalue weighted by Crippen LogP contribution is 2.26. The van der Waals surface area contributed by atoms with Crippen molar-refractivity contribution in [2.45, 2.75) is 32.6 Å². The third-order valence-electron chi connectivity index (χ3n) is 4.41. The molecule has 3 nitrogen and oxygen atoms in total. The van der Waals surface area contributed by atoms with E-state index in [-0.39, 0.29) is 12.5 Å². The summed E-state index contributed by atoms with van der Waals surface area (Å²) in [6.07, 6.45) is 3.32. The van der Waals surface area contributed by atoms with Crippen LogP contribution in [0.2, 0.25) is 0 Å². The molecule has 1 fully saturated rings. The van der Waals surface area contributed by atoms with Crippen LogP contribution < -0.4 is 0 Å². The summed E-state index contributed by atoms with van der Waals surface area (Å²) in [6.45, 7) is 4.15. The Labute approximate surface area is 121 Å². The Morgan fingerprint density at radius 3 is 2.75 bits per heavy atom. The topological polar surface area (TPSA) is 40.5 Å². The van der Waals surface area contributed by atoms with E-state index in [1.807, 2.05) is 23.1 Å². The number of hydrogen-bond acceptors (Lipinski definition) is 2. The van der Waals surface area contributed by atoms with Crippen LogP contribution in [0.5, 0.6) is 0 Å². The van der Waals surface area contributed by atoms with Crippen LogP contribution in [0.1, 0.15) is 31.7 Å². The van der Waals surface area contributed by atoms with E-state index in [1.165, 1.54) is 5.56 Å². The Hall–Kier alpha value is -1.35. The summed E-state index contributed by atoms with van der Waals surface area (Å²) in [7, 11) is 0. The minimum Gasteiger partial charge on any atom is -0.396 e. The molecule has 0 radical (unpaired) electrons. The minimum absolute atomic E-state index is 0.261. The van der Waals surface area contributed by atoms with E-state index in [0.29, 0.717) is 18.3 Å². The molecule has 1 aromatic rings. The van der Waals surface area contributed by atoms with Gasteiger partial charge in [0.1, 0.15) is 0 Å². The molecule has 2 atom stereocenters. The number of carbonyl (C=O) groups excluding carboxylic acids is 1. The van der Waals surface area contributed by atoms with E-state index in [4.69, 9.17) is 5.11 Å².